The highest BCUT2D eigenvalue weighted by atomic mass is 16.1. The van der Waals surface area contributed by atoms with Gasteiger partial charge in [0.2, 0.25) is 5.91 Å². The van der Waals surface area contributed by atoms with Crippen molar-refractivity contribution in [2.45, 2.75) is 19.4 Å². The SMILES string of the molecule is NC(=O)[C@@H]1CCCN(CCn2cc(-c3ncc[nH]3)nn2)C1. The summed E-state index contributed by atoms with van der Waals surface area (Å²) >= 11 is 0. The smallest absolute Gasteiger partial charge is 0.221 e. The van der Waals surface area contributed by atoms with Crippen molar-refractivity contribution in [1.29, 1.82) is 0 Å². The number of carbonyl (C=O) groups excluding carboxylic acids is 1. The molecule has 0 spiro atoms. The fourth-order valence-corrected chi connectivity index (χ4v) is 2.66. The number of carbonyl (C=O) groups is 1. The highest BCUT2D eigenvalue weighted by Crippen LogP contribution is 2.16. The number of likely N-dealkylation sites (tertiary alicyclic amines) is 1. The Bertz CT molecular complexity index is 591. The fraction of sp³-hybridized carbons (Fsp3) is 0.538. The Labute approximate surface area is 122 Å². The third-order valence-corrected chi connectivity index (χ3v) is 3.83. The number of amides is 1. The third-order valence-electron chi connectivity index (χ3n) is 3.83. The molecule has 1 fully saturated rings. The number of primary amides is 1. The summed E-state index contributed by atoms with van der Waals surface area (Å²) in [5, 5.41) is 8.19. The topological polar surface area (TPSA) is 106 Å². The van der Waals surface area contributed by atoms with Crippen LogP contribution >= 0.6 is 0 Å². The number of aromatic nitrogens is 5. The van der Waals surface area contributed by atoms with Crippen molar-refractivity contribution < 1.29 is 4.79 Å². The molecule has 2 aromatic rings. The lowest BCUT2D eigenvalue weighted by Gasteiger charge is -2.30. The van der Waals surface area contributed by atoms with E-state index in [4.69, 9.17) is 5.73 Å². The number of nitrogens with one attached hydrogen (secondary N) is 1. The Morgan fingerprint density at radius 3 is 3.14 bits per heavy atom. The molecule has 1 amide bonds. The second-order valence-corrected chi connectivity index (χ2v) is 5.35. The molecule has 3 heterocycles. The van der Waals surface area contributed by atoms with Crippen LogP contribution in [0.1, 0.15) is 12.8 Å². The van der Waals surface area contributed by atoms with Gasteiger partial charge in [0.1, 0.15) is 5.69 Å². The third kappa shape index (κ3) is 3.27. The average Bonchev–Trinajstić information content (AvgIpc) is 3.16. The molecule has 0 radical (unpaired) electrons. The maximum atomic E-state index is 11.3. The van der Waals surface area contributed by atoms with Crippen LogP contribution < -0.4 is 5.73 Å². The second-order valence-electron chi connectivity index (χ2n) is 5.35. The van der Waals surface area contributed by atoms with Gasteiger partial charge in [0.15, 0.2) is 5.82 Å². The van der Waals surface area contributed by atoms with Crippen molar-refractivity contribution >= 4 is 5.91 Å². The summed E-state index contributed by atoms with van der Waals surface area (Å²) in [4.78, 5) is 20.7. The zero-order valence-corrected chi connectivity index (χ0v) is 11.8. The van der Waals surface area contributed by atoms with Crippen molar-refractivity contribution in [2.24, 2.45) is 11.7 Å². The van der Waals surface area contributed by atoms with Gasteiger partial charge in [0.05, 0.1) is 18.7 Å². The monoisotopic (exact) mass is 289 g/mol. The van der Waals surface area contributed by atoms with Gasteiger partial charge in [-0.25, -0.2) is 4.98 Å². The van der Waals surface area contributed by atoms with E-state index in [1.54, 1.807) is 17.1 Å². The number of nitrogens with two attached hydrogens (primary N) is 1. The molecule has 8 nitrogen and oxygen atoms in total. The first-order valence-corrected chi connectivity index (χ1v) is 7.14. The van der Waals surface area contributed by atoms with Crippen LogP contribution in [0, 0.1) is 5.92 Å². The van der Waals surface area contributed by atoms with Crippen molar-refractivity contribution in [2.75, 3.05) is 19.6 Å². The fourth-order valence-electron chi connectivity index (χ4n) is 2.66. The molecule has 3 N–H and O–H groups in total. The number of nitrogens with zero attached hydrogens (tertiary/aromatic N) is 5. The quantitative estimate of drug-likeness (QED) is 0.797. The number of H-pyrrole nitrogens is 1. The van der Waals surface area contributed by atoms with Gasteiger partial charge in [-0.05, 0) is 19.4 Å². The molecule has 1 aliphatic heterocycles. The van der Waals surface area contributed by atoms with Gasteiger partial charge in [-0.15, -0.1) is 5.10 Å². The van der Waals surface area contributed by atoms with E-state index in [0.717, 1.165) is 44.7 Å². The summed E-state index contributed by atoms with van der Waals surface area (Å²) in [7, 11) is 0. The number of rotatable bonds is 5. The van der Waals surface area contributed by atoms with Gasteiger partial charge < -0.3 is 15.6 Å². The van der Waals surface area contributed by atoms with Crippen molar-refractivity contribution in [3.8, 4) is 11.5 Å². The highest BCUT2D eigenvalue weighted by molar-refractivity contribution is 5.76. The Hall–Kier alpha value is -2.22. The summed E-state index contributed by atoms with van der Waals surface area (Å²) in [6, 6.07) is 0. The van der Waals surface area contributed by atoms with Crippen molar-refractivity contribution in [3.05, 3.63) is 18.6 Å². The number of imidazole rings is 1. The van der Waals surface area contributed by atoms with E-state index in [1.807, 2.05) is 6.20 Å². The van der Waals surface area contributed by atoms with Crippen LogP contribution in [0.15, 0.2) is 18.6 Å². The summed E-state index contributed by atoms with van der Waals surface area (Å²) in [6.07, 6.45) is 7.23. The lowest BCUT2D eigenvalue weighted by molar-refractivity contribution is -0.123. The molecule has 0 bridgehead atoms. The van der Waals surface area contributed by atoms with E-state index >= 15 is 0 Å². The van der Waals surface area contributed by atoms with Crippen LogP contribution in [0.2, 0.25) is 0 Å². The first kappa shape index (κ1) is 13.7. The molecule has 0 aromatic carbocycles. The van der Waals surface area contributed by atoms with Crippen LogP contribution in [-0.4, -0.2) is 55.4 Å². The first-order chi connectivity index (χ1) is 10.2. The Balaban J connectivity index is 1.54. The van der Waals surface area contributed by atoms with Crippen LogP contribution in [0.25, 0.3) is 11.5 Å². The molecule has 2 aromatic heterocycles. The van der Waals surface area contributed by atoms with Crippen LogP contribution in [0.3, 0.4) is 0 Å². The van der Waals surface area contributed by atoms with Crippen LogP contribution in [0.4, 0.5) is 0 Å². The van der Waals surface area contributed by atoms with E-state index in [0.29, 0.717) is 5.82 Å². The molecule has 112 valence electrons. The van der Waals surface area contributed by atoms with Gasteiger partial charge >= 0.3 is 0 Å². The first-order valence-electron chi connectivity index (χ1n) is 7.14. The molecule has 1 atom stereocenters. The molecule has 8 heteroatoms. The number of aromatic amines is 1. The van der Waals surface area contributed by atoms with Crippen LogP contribution in [-0.2, 0) is 11.3 Å². The summed E-state index contributed by atoms with van der Waals surface area (Å²) in [5.41, 5.74) is 6.12. The maximum Gasteiger partial charge on any atom is 0.221 e. The van der Waals surface area contributed by atoms with Gasteiger partial charge in [-0.2, -0.15) is 0 Å². The highest BCUT2D eigenvalue weighted by Gasteiger charge is 2.23. The molecule has 3 rings (SSSR count). The predicted octanol–water partition coefficient (Wildman–Crippen LogP) is -0.135. The van der Waals surface area contributed by atoms with E-state index in [-0.39, 0.29) is 11.8 Å². The summed E-state index contributed by atoms with van der Waals surface area (Å²) in [5.74, 6) is 0.502. The van der Waals surface area contributed by atoms with Gasteiger partial charge in [0, 0.05) is 25.5 Å². The van der Waals surface area contributed by atoms with E-state index in [9.17, 15) is 4.79 Å². The molecular weight excluding hydrogens is 270 g/mol. The molecular formula is C13H19N7O. The largest absolute Gasteiger partial charge is 0.369 e. The minimum absolute atomic E-state index is 0.0202. The second kappa shape index (κ2) is 6.04. The molecule has 1 aliphatic rings. The summed E-state index contributed by atoms with van der Waals surface area (Å²) in [6.45, 7) is 3.32. The Morgan fingerprint density at radius 1 is 1.48 bits per heavy atom. The minimum Gasteiger partial charge on any atom is -0.369 e. The standard InChI is InChI=1S/C13H19N7O/c14-12(21)10-2-1-5-19(8-10)6-7-20-9-11(17-18-20)13-15-3-4-16-13/h3-4,9-10H,1-2,5-8H2,(H2,14,21)(H,15,16)/t10-/m1/s1. The average molecular weight is 289 g/mol. The van der Waals surface area contributed by atoms with Crippen molar-refractivity contribution in [3.63, 3.8) is 0 Å². The van der Waals surface area contributed by atoms with Gasteiger partial charge in [-0.1, -0.05) is 5.21 Å². The minimum atomic E-state index is -0.194. The normalized spacial score (nSPS) is 19.7. The van der Waals surface area contributed by atoms with E-state index in [2.05, 4.69) is 25.2 Å². The maximum absolute atomic E-state index is 11.3. The Morgan fingerprint density at radius 2 is 2.38 bits per heavy atom. The summed E-state index contributed by atoms with van der Waals surface area (Å²) < 4.78 is 1.80. The number of piperidine rings is 1. The molecule has 0 aliphatic carbocycles. The van der Waals surface area contributed by atoms with Crippen LogP contribution in [0.5, 0.6) is 0 Å². The molecule has 0 saturated carbocycles. The molecule has 0 unspecified atom stereocenters. The molecule has 1 saturated heterocycles. The number of hydrogen-bond acceptors (Lipinski definition) is 5. The zero-order chi connectivity index (χ0) is 14.7. The lowest BCUT2D eigenvalue weighted by atomic mass is 9.97. The zero-order valence-electron chi connectivity index (χ0n) is 11.8. The number of hydrogen-bond donors (Lipinski definition) is 2. The van der Waals surface area contributed by atoms with Crippen molar-refractivity contribution in [1.82, 2.24) is 29.9 Å². The van der Waals surface area contributed by atoms with Gasteiger partial charge in [0.25, 0.3) is 0 Å². The molecule has 21 heavy (non-hydrogen) atoms. The lowest BCUT2D eigenvalue weighted by Crippen LogP contribution is -2.42. The predicted molar refractivity (Wildman–Crippen MR) is 76.0 cm³/mol. The Kier molecular flexibility index (Phi) is 3.96. The van der Waals surface area contributed by atoms with Gasteiger partial charge in [-0.3, -0.25) is 9.48 Å². The van der Waals surface area contributed by atoms with E-state index < -0.39 is 0 Å². The van der Waals surface area contributed by atoms with E-state index in [1.165, 1.54) is 0 Å².